The first kappa shape index (κ1) is 16.9. The van der Waals surface area contributed by atoms with Gasteiger partial charge >= 0.3 is 0 Å². The minimum atomic E-state index is -3.11. The van der Waals surface area contributed by atoms with Crippen molar-refractivity contribution in [1.29, 1.82) is 0 Å². The van der Waals surface area contributed by atoms with E-state index < -0.39 is 21.1 Å². The van der Waals surface area contributed by atoms with E-state index in [1.807, 2.05) is 0 Å². The van der Waals surface area contributed by atoms with Gasteiger partial charge in [-0.15, -0.1) is 0 Å². The molecule has 1 aliphatic heterocycles. The summed E-state index contributed by atoms with van der Waals surface area (Å²) in [5.41, 5.74) is -0.328. The molecule has 1 atom stereocenters. The van der Waals surface area contributed by atoms with Gasteiger partial charge in [0.2, 0.25) is 0 Å². The third-order valence-corrected chi connectivity index (χ3v) is 6.43. The summed E-state index contributed by atoms with van der Waals surface area (Å²) in [7, 11) is -3.11. The second kappa shape index (κ2) is 6.32. The van der Waals surface area contributed by atoms with Crippen LogP contribution in [0.2, 0.25) is 0 Å². The van der Waals surface area contributed by atoms with Crippen LogP contribution in [0.3, 0.4) is 0 Å². The fraction of sp³-hybridized carbons (Fsp3) is 0.571. The van der Waals surface area contributed by atoms with Crippen molar-refractivity contribution in [3.8, 4) is 0 Å². The number of hydrogen-bond donors (Lipinski definition) is 2. The maximum absolute atomic E-state index is 13.5. The molecule has 4 nitrogen and oxygen atoms in total. The van der Waals surface area contributed by atoms with Crippen molar-refractivity contribution in [2.24, 2.45) is 11.3 Å². The Hall–Kier alpha value is -0.500. The lowest BCUT2D eigenvalue weighted by Gasteiger charge is -2.35. The minimum absolute atomic E-state index is 0.0371. The molecule has 1 saturated heterocycles. The monoisotopic (exact) mass is 380 g/mol. The first-order valence-corrected chi connectivity index (χ1v) is 9.29. The van der Waals surface area contributed by atoms with Crippen LogP contribution >= 0.6 is 15.9 Å². The molecule has 1 aromatic carbocycles. The Morgan fingerprint density at radius 2 is 1.95 bits per heavy atom. The Kier molecular flexibility index (Phi) is 5.07. The van der Waals surface area contributed by atoms with E-state index in [9.17, 15) is 23.0 Å². The number of halogens is 2. The topological polar surface area (TPSA) is 74.6 Å². The summed E-state index contributed by atoms with van der Waals surface area (Å²) in [5.74, 6) is -0.695. The van der Waals surface area contributed by atoms with Gasteiger partial charge in [-0.1, -0.05) is 15.9 Å². The Labute approximate surface area is 132 Å². The van der Waals surface area contributed by atoms with E-state index in [0.717, 1.165) is 0 Å². The van der Waals surface area contributed by atoms with E-state index in [2.05, 4.69) is 15.9 Å². The van der Waals surface area contributed by atoms with E-state index >= 15 is 0 Å². The van der Waals surface area contributed by atoms with Crippen molar-refractivity contribution in [1.82, 2.24) is 0 Å². The highest BCUT2D eigenvalue weighted by Gasteiger charge is 2.44. The van der Waals surface area contributed by atoms with Gasteiger partial charge in [0, 0.05) is 9.89 Å². The number of aliphatic hydroxyl groups is 2. The van der Waals surface area contributed by atoms with Gasteiger partial charge in [-0.25, -0.2) is 12.8 Å². The molecule has 0 aliphatic carbocycles. The fourth-order valence-electron chi connectivity index (χ4n) is 2.96. The molecule has 1 heterocycles. The van der Waals surface area contributed by atoms with Crippen molar-refractivity contribution in [3.63, 3.8) is 0 Å². The van der Waals surface area contributed by atoms with Gasteiger partial charge in [0.1, 0.15) is 5.82 Å². The number of sulfone groups is 1. The highest BCUT2D eigenvalue weighted by molar-refractivity contribution is 9.10. The Bertz CT molecular complexity index is 593. The summed E-state index contributed by atoms with van der Waals surface area (Å²) in [6.45, 7) is -0.671. The molecule has 2 rings (SSSR count). The number of rotatable bonds is 5. The van der Waals surface area contributed by atoms with Crippen molar-refractivity contribution in [2.45, 2.75) is 12.8 Å². The van der Waals surface area contributed by atoms with E-state index in [1.165, 1.54) is 12.1 Å². The van der Waals surface area contributed by atoms with Gasteiger partial charge < -0.3 is 10.2 Å². The number of benzene rings is 1. The van der Waals surface area contributed by atoms with Gasteiger partial charge in [0.05, 0.1) is 24.7 Å². The molecule has 7 heteroatoms. The smallest absolute Gasteiger partial charge is 0.150 e. The van der Waals surface area contributed by atoms with Gasteiger partial charge in [-0.05, 0) is 42.5 Å². The number of hydrogen-bond acceptors (Lipinski definition) is 4. The molecule has 118 valence electrons. The van der Waals surface area contributed by atoms with Crippen LogP contribution in [0.25, 0.3) is 0 Å². The van der Waals surface area contributed by atoms with Crippen LogP contribution in [0, 0.1) is 17.2 Å². The molecule has 0 bridgehead atoms. The second-order valence-electron chi connectivity index (χ2n) is 5.73. The molecule has 1 aromatic rings. The molecule has 0 radical (unpaired) electrons. The molecule has 0 amide bonds. The fourth-order valence-corrected chi connectivity index (χ4v) is 5.42. The van der Waals surface area contributed by atoms with Gasteiger partial charge in [0.15, 0.2) is 9.84 Å². The Balaban J connectivity index is 2.30. The molecule has 0 saturated carbocycles. The lowest BCUT2D eigenvalue weighted by Crippen LogP contribution is -2.41. The van der Waals surface area contributed by atoms with Gasteiger partial charge in [0.25, 0.3) is 0 Å². The molecule has 1 unspecified atom stereocenters. The van der Waals surface area contributed by atoms with Crippen LogP contribution in [-0.2, 0) is 16.3 Å². The molecule has 2 N–H and O–H groups in total. The first-order chi connectivity index (χ1) is 9.80. The van der Waals surface area contributed by atoms with Crippen molar-refractivity contribution >= 4 is 25.8 Å². The largest absolute Gasteiger partial charge is 0.396 e. The summed E-state index contributed by atoms with van der Waals surface area (Å²) < 4.78 is 37.3. The zero-order chi connectivity index (χ0) is 15.7. The van der Waals surface area contributed by atoms with Crippen molar-refractivity contribution < 1.29 is 23.0 Å². The predicted molar refractivity (Wildman–Crippen MR) is 81.2 cm³/mol. The van der Waals surface area contributed by atoms with Crippen LogP contribution in [-0.4, -0.2) is 43.4 Å². The summed E-state index contributed by atoms with van der Waals surface area (Å²) >= 11 is 3.21. The standard InChI is InChI=1S/C14H18BrFO4S/c15-12-3-10(4-13(16)5-12)6-14(8-17,9-18)11-1-2-21(19,20)7-11/h3-5,11,17-18H,1-2,6-9H2. The predicted octanol–water partition coefficient (Wildman–Crippen LogP) is 1.54. The average Bonchev–Trinajstić information content (AvgIpc) is 2.76. The highest BCUT2D eigenvalue weighted by atomic mass is 79.9. The van der Waals surface area contributed by atoms with Crippen LogP contribution in [0.1, 0.15) is 12.0 Å². The first-order valence-electron chi connectivity index (χ1n) is 6.67. The summed E-state index contributed by atoms with van der Waals surface area (Å²) in [4.78, 5) is 0. The van der Waals surface area contributed by atoms with Gasteiger partial charge in [-0.2, -0.15) is 0 Å². The van der Waals surface area contributed by atoms with Crippen LogP contribution in [0.15, 0.2) is 22.7 Å². The summed E-state index contributed by atoms with van der Waals surface area (Å²) in [6, 6.07) is 4.38. The minimum Gasteiger partial charge on any atom is -0.396 e. The Morgan fingerprint density at radius 3 is 2.43 bits per heavy atom. The average molecular weight is 381 g/mol. The van der Waals surface area contributed by atoms with Crippen molar-refractivity contribution in [2.75, 3.05) is 24.7 Å². The molecule has 1 fully saturated rings. The third kappa shape index (κ3) is 3.83. The zero-order valence-electron chi connectivity index (χ0n) is 11.4. The van der Waals surface area contributed by atoms with Crippen LogP contribution in [0.5, 0.6) is 0 Å². The zero-order valence-corrected chi connectivity index (χ0v) is 13.8. The molecular formula is C14H18BrFO4S. The highest BCUT2D eigenvalue weighted by Crippen LogP contribution is 2.39. The summed E-state index contributed by atoms with van der Waals surface area (Å²) in [5, 5.41) is 19.5. The quantitative estimate of drug-likeness (QED) is 0.812. The lowest BCUT2D eigenvalue weighted by atomic mass is 9.72. The number of aliphatic hydroxyl groups excluding tert-OH is 2. The normalized spacial score (nSPS) is 21.6. The molecular weight excluding hydrogens is 363 g/mol. The Morgan fingerprint density at radius 1 is 1.29 bits per heavy atom. The molecule has 1 aliphatic rings. The van der Waals surface area contributed by atoms with E-state index in [4.69, 9.17) is 0 Å². The van der Waals surface area contributed by atoms with E-state index in [-0.39, 0.29) is 37.1 Å². The lowest BCUT2D eigenvalue weighted by molar-refractivity contribution is 0.0124. The second-order valence-corrected chi connectivity index (χ2v) is 8.88. The SMILES string of the molecule is O=S1(=O)CCC(C(CO)(CO)Cc2cc(F)cc(Br)c2)C1. The van der Waals surface area contributed by atoms with Crippen LogP contribution in [0.4, 0.5) is 4.39 Å². The maximum atomic E-state index is 13.5. The maximum Gasteiger partial charge on any atom is 0.150 e. The summed E-state index contributed by atoms with van der Waals surface area (Å²) in [6.07, 6.45) is 0.649. The molecule has 0 aromatic heterocycles. The van der Waals surface area contributed by atoms with Crippen LogP contribution < -0.4 is 0 Å². The van der Waals surface area contributed by atoms with E-state index in [1.54, 1.807) is 6.07 Å². The third-order valence-electron chi connectivity index (χ3n) is 4.21. The van der Waals surface area contributed by atoms with E-state index in [0.29, 0.717) is 16.5 Å². The van der Waals surface area contributed by atoms with Gasteiger partial charge in [-0.3, -0.25) is 0 Å². The molecule has 0 spiro atoms. The molecule has 21 heavy (non-hydrogen) atoms. The van der Waals surface area contributed by atoms with Crippen molar-refractivity contribution in [3.05, 3.63) is 34.1 Å².